The molecule has 3 aromatic carbocycles. The molecule has 0 bridgehead atoms. The number of carbonyl (C=O) groups is 1. The number of rotatable bonds is 7. The predicted octanol–water partition coefficient (Wildman–Crippen LogP) is 4.46. The Labute approximate surface area is 157 Å². The summed E-state index contributed by atoms with van der Waals surface area (Å²) in [6, 6.07) is 20.9. The molecule has 26 heavy (non-hydrogen) atoms. The minimum absolute atomic E-state index is 0.193. The summed E-state index contributed by atoms with van der Waals surface area (Å²) in [6.07, 6.45) is -0.600. The maximum absolute atomic E-state index is 12.1. The Morgan fingerprint density at radius 2 is 1.69 bits per heavy atom. The molecule has 0 aliphatic rings. The molecule has 1 N–H and O–H groups in total. The van der Waals surface area contributed by atoms with Crippen LogP contribution in [0.4, 0.5) is 0 Å². The maximum Gasteiger partial charge on any atom is 0.260 e. The fourth-order valence-electron chi connectivity index (χ4n) is 2.51. The molecule has 0 unspecified atom stereocenters. The van der Waals surface area contributed by atoms with Gasteiger partial charge in [0, 0.05) is 5.02 Å². The van der Waals surface area contributed by atoms with Crippen LogP contribution in [0.2, 0.25) is 5.02 Å². The van der Waals surface area contributed by atoms with Crippen molar-refractivity contribution in [3.8, 4) is 11.5 Å². The first-order valence-corrected chi connectivity index (χ1v) is 8.81. The van der Waals surface area contributed by atoms with E-state index in [2.05, 4.69) is 11.4 Å². The van der Waals surface area contributed by atoms with Gasteiger partial charge in [-0.05, 0) is 54.1 Å². The summed E-state index contributed by atoms with van der Waals surface area (Å²) in [7, 11) is 0. The number of carbonyl (C=O) groups excluding carboxylic acids is 1. The molecule has 0 aliphatic heterocycles. The van der Waals surface area contributed by atoms with E-state index < -0.39 is 6.10 Å². The third kappa shape index (κ3) is 4.90. The Bertz CT molecular complexity index is 880. The molecule has 0 heterocycles. The molecule has 0 spiro atoms. The van der Waals surface area contributed by atoms with Crippen LogP contribution in [0, 0.1) is 0 Å². The summed E-state index contributed by atoms with van der Waals surface area (Å²) < 4.78 is 11.3. The van der Waals surface area contributed by atoms with E-state index >= 15 is 0 Å². The molecule has 134 valence electrons. The first kappa shape index (κ1) is 18.1. The lowest BCUT2D eigenvalue weighted by Gasteiger charge is -2.15. The second kappa shape index (κ2) is 8.59. The zero-order valence-electron chi connectivity index (χ0n) is 14.4. The average Bonchev–Trinajstić information content (AvgIpc) is 2.66. The summed E-state index contributed by atoms with van der Waals surface area (Å²) in [6.45, 7) is 2.49. The van der Waals surface area contributed by atoms with Crippen LogP contribution >= 0.6 is 11.6 Å². The number of halogens is 1. The van der Waals surface area contributed by atoms with Crippen LogP contribution in [0.15, 0.2) is 66.7 Å². The topological polar surface area (TPSA) is 47.6 Å². The largest absolute Gasteiger partial charge is 0.492 e. The molecule has 0 saturated heterocycles. The molecule has 4 nitrogen and oxygen atoms in total. The minimum Gasteiger partial charge on any atom is -0.492 e. The smallest absolute Gasteiger partial charge is 0.260 e. The van der Waals surface area contributed by atoms with Crippen LogP contribution < -0.4 is 14.8 Å². The number of benzene rings is 3. The van der Waals surface area contributed by atoms with E-state index in [0.717, 1.165) is 11.1 Å². The summed E-state index contributed by atoms with van der Waals surface area (Å²) in [5.74, 6) is 1.19. The average molecular weight is 370 g/mol. The van der Waals surface area contributed by atoms with Crippen molar-refractivity contribution in [1.82, 2.24) is 5.32 Å². The number of amides is 1. The number of hydrogen-bond donors (Lipinski definition) is 1. The van der Waals surface area contributed by atoms with Gasteiger partial charge in [-0.3, -0.25) is 4.79 Å². The standard InChI is InChI=1S/C21H20ClNO3/c1-15(26-19-10-7-18(22)8-11-19)21(24)23-12-13-25-20-9-6-16-4-2-3-5-17(16)14-20/h2-11,14-15H,12-13H2,1H3,(H,23,24)/t15-/m0/s1. The van der Waals surface area contributed by atoms with Crippen molar-refractivity contribution in [3.05, 3.63) is 71.8 Å². The van der Waals surface area contributed by atoms with Crippen LogP contribution in [0.5, 0.6) is 11.5 Å². The predicted molar refractivity (Wildman–Crippen MR) is 104 cm³/mol. The van der Waals surface area contributed by atoms with Crippen LogP contribution in [0.3, 0.4) is 0 Å². The van der Waals surface area contributed by atoms with Gasteiger partial charge in [-0.25, -0.2) is 0 Å². The molecule has 0 aromatic heterocycles. The van der Waals surface area contributed by atoms with E-state index in [1.54, 1.807) is 31.2 Å². The molecule has 0 fully saturated rings. The Balaban J connectivity index is 1.43. The Morgan fingerprint density at radius 1 is 1.00 bits per heavy atom. The lowest BCUT2D eigenvalue weighted by Crippen LogP contribution is -2.38. The third-order valence-electron chi connectivity index (χ3n) is 3.89. The van der Waals surface area contributed by atoms with Gasteiger partial charge in [0.25, 0.3) is 5.91 Å². The zero-order chi connectivity index (χ0) is 18.4. The molecule has 3 rings (SSSR count). The zero-order valence-corrected chi connectivity index (χ0v) is 15.2. The molecular weight excluding hydrogens is 350 g/mol. The summed E-state index contributed by atoms with van der Waals surface area (Å²) >= 11 is 5.83. The second-order valence-corrected chi connectivity index (χ2v) is 6.30. The normalized spacial score (nSPS) is 11.8. The number of hydrogen-bond acceptors (Lipinski definition) is 3. The fourth-order valence-corrected chi connectivity index (χ4v) is 2.64. The number of fused-ring (bicyclic) bond motifs is 1. The summed E-state index contributed by atoms with van der Waals surface area (Å²) in [4.78, 5) is 12.1. The van der Waals surface area contributed by atoms with E-state index in [0.29, 0.717) is 23.9 Å². The fraction of sp³-hybridized carbons (Fsp3) is 0.190. The Kier molecular flexibility index (Phi) is 5.97. The Morgan fingerprint density at radius 3 is 2.46 bits per heavy atom. The summed E-state index contributed by atoms with van der Waals surface area (Å²) in [5.41, 5.74) is 0. The van der Waals surface area contributed by atoms with Gasteiger partial charge in [-0.2, -0.15) is 0 Å². The van der Waals surface area contributed by atoms with Gasteiger partial charge in [0.1, 0.15) is 18.1 Å². The molecular formula is C21H20ClNO3. The van der Waals surface area contributed by atoms with E-state index in [-0.39, 0.29) is 5.91 Å². The van der Waals surface area contributed by atoms with Crippen LogP contribution in [0.1, 0.15) is 6.92 Å². The van der Waals surface area contributed by atoms with Crippen molar-refractivity contribution in [2.75, 3.05) is 13.2 Å². The van der Waals surface area contributed by atoms with Gasteiger partial charge in [0.2, 0.25) is 0 Å². The van der Waals surface area contributed by atoms with Gasteiger partial charge in [0.15, 0.2) is 6.10 Å². The highest BCUT2D eigenvalue weighted by atomic mass is 35.5. The third-order valence-corrected chi connectivity index (χ3v) is 4.14. The quantitative estimate of drug-likeness (QED) is 0.626. The van der Waals surface area contributed by atoms with Crippen molar-refractivity contribution < 1.29 is 14.3 Å². The maximum atomic E-state index is 12.1. The van der Waals surface area contributed by atoms with Gasteiger partial charge in [0.05, 0.1) is 6.54 Å². The molecule has 5 heteroatoms. The monoisotopic (exact) mass is 369 g/mol. The first-order chi connectivity index (χ1) is 12.6. The lowest BCUT2D eigenvalue weighted by atomic mass is 10.1. The SMILES string of the molecule is C[C@H](Oc1ccc(Cl)cc1)C(=O)NCCOc1ccc2ccccc2c1. The second-order valence-electron chi connectivity index (χ2n) is 5.86. The van der Waals surface area contributed by atoms with Crippen molar-refractivity contribution >= 4 is 28.3 Å². The van der Waals surface area contributed by atoms with Crippen LogP contribution in [-0.2, 0) is 4.79 Å². The van der Waals surface area contributed by atoms with Crippen LogP contribution in [-0.4, -0.2) is 25.2 Å². The lowest BCUT2D eigenvalue weighted by molar-refractivity contribution is -0.127. The molecule has 0 saturated carbocycles. The Hall–Kier alpha value is -2.72. The molecule has 3 aromatic rings. The highest BCUT2D eigenvalue weighted by molar-refractivity contribution is 6.30. The van der Waals surface area contributed by atoms with E-state index in [4.69, 9.17) is 21.1 Å². The number of nitrogens with one attached hydrogen (secondary N) is 1. The van der Waals surface area contributed by atoms with Gasteiger partial charge in [-0.15, -0.1) is 0 Å². The summed E-state index contributed by atoms with van der Waals surface area (Å²) in [5, 5.41) is 5.72. The molecule has 1 amide bonds. The van der Waals surface area contributed by atoms with Gasteiger partial charge in [-0.1, -0.05) is 41.9 Å². The highest BCUT2D eigenvalue weighted by Crippen LogP contribution is 2.20. The van der Waals surface area contributed by atoms with Gasteiger partial charge >= 0.3 is 0 Å². The highest BCUT2D eigenvalue weighted by Gasteiger charge is 2.14. The van der Waals surface area contributed by atoms with Crippen molar-refractivity contribution in [2.24, 2.45) is 0 Å². The molecule has 1 atom stereocenters. The van der Waals surface area contributed by atoms with E-state index in [1.165, 1.54) is 5.39 Å². The van der Waals surface area contributed by atoms with Crippen molar-refractivity contribution in [2.45, 2.75) is 13.0 Å². The van der Waals surface area contributed by atoms with Crippen LogP contribution in [0.25, 0.3) is 10.8 Å². The van der Waals surface area contributed by atoms with E-state index in [9.17, 15) is 4.79 Å². The van der Waals surface area contributed by atoms with Crippen molar-refractivity contribution in [3.63, 3.8) is 0 Å². The molecule has 0 aliphatic carbocycles. The van der Waals surface area contributed by atoms with Crippen molar-refractivity contribution in [1.29, 1.82) is 0 Å². The number of ether oxygens (including phenoxy) is 2. The first-order valence-electron chi connectivity index (χ1n) is 8.43. The van der Waals surface area contributed by atoms with Gasteiger partial charge < -0.3 is 14.8 Å². The minimum atomic E-state index is -0.600. The van der Waals surface area contributed by atoms with E-state index in [1.807, 2.05) is 36.4 Å². The molecule has 0 radical (unpaired) electrons.